The van der Waals surface area contributed by atoms with Gasteiger partial charge in [-0.1, -0.05) is 43.7 Å². The molecule has 1 nitrogen and oxygen atoms in total. The summed E-state index contributed by atoms with van der Waals surface area (Å²) >= 11 is 1.93. The van der Waals surface area contributed by atoms with Gasteiger partial charge in [0.1, 0.15) is 0 Å². The van der Waals surface area contributed by atoms with Crippen molar-refractivity contribution in [3.05, 3.63) is 35.4 Å². The Labute approximate surface area is 110 Å². The predicted octanol–water partition coefficient (Wildman–Crippen LogP) is 4.03. The van der Waals surface area contributed by atoms with Crippen molar-refractivity contribution >= 4 is 11.8 Å². The molecule has 0 aliphatic rings. The summed E-state index contributed by atoms with van der Waals surface area (Å²) in [7, 11) is 0. The highest BCUT2D eigenvalue weighted by Gasteiger charge is 2.17. The van der Waals surface area contributed by atoms with Crippen molar-refractivity contribution in [2.24, 2.45) is 5.92 Å². The van der Waals surface area contributed by atoms with Gasteiger partial charge < -0.3 is 5.32 Å². The Morgan fingerprint density at radius 2 is 2.12 bits per heavy atom. The maximum Gasteiger partial charge on any atom is 0.0354 e. The van der Waals surface area contributed by atoms with E-state index >= 15 is 0 Å². The monoisotopic (exact) mass is 251 g/mol. The molecule has 0 radical (unpaired) electrons. The first-order valence-corrected chi connectivity index (χ1v) is 7.87. The second kappa shape index (κ2) is 7.78. The van der Waals surface area contributed by atoms with Gasteiger partial charge in [0.05, 0.1) is 0 Å². The fourth-order valence-corrected chi connectivity index (χ4v) is 2.89. The molecule has 0 saturated heterocycles. The average molecular weight is 251 g/mol. The van der Waals surface area contributed by atoms with Crippen molar-refractivity contribution in [3.63, 3.8) is 0 Å². The molecule has 0 bridgehead atoms. The third-order valence-corrected chi connectivity index (χ3v) is 3.87. The predicted molar refractivity (Wildman–Crippen MR) is 79.8 cm³/mol. The molecule has 2 atom stereocenters. The van der Waals surface area contributed by atoms with Crippen LogP contribution < -0.4 is 5.32 Å². The molecule has 1 aromatic carbocycles. The van der Waals surface area contributed by atoms with E-state index in [9.17, 15) is 0 Å². The van der Waals surface area contributed by atoms with E-state index < -0.39 is 0 Å². The summed E-state index contributed by atoms with van der Waals surface area (Å²) in [5.74, 6) is 1.87. The number of hydrogen-bond acceptors (Lipinski definition) is 2. The number of rotatable bonds is 7. The van der Waals surface area contributed by atoms with Crippen LogP contribution in [0.25, 0.3) is 0 Å². The van der Waals surface area contributed by atoms with Crippen molar-refractivity contribution in [1.29, 1.82) is 0 Å². The van der Waals surface area contributed by atoms with Crippen LogP contribution in [-0.4, -0.2) is 18.6 Å². The minimum atomic E-state index is 0.488. The summed E-state index contributed by atoms with van der Waals surface area (Å²) in [6.45, 7) is 7.82. The Morgan fingerprint density at radius 3 is 2.71 bits per heavy atom. The minimum Gasteiger partial charge on any atom is -0.310 e. The van der Waals surface area contributed by atoms with Gasteiger partial charge in [-0.25, -0.2) is 0 Å². The average Bonchev–Trinajstić information content (AvgIpc) is 2.30. The number of nitrogens with one attached hydrogen (secondary N) is 1. The van der Waals surface area contributed by atoms with Crippen LogP contribution >= 0.6 is 11.8 Å². The smallest absolute Gasteiger partial charge is 0.0354 e. The molecule has 0 aromatic heterocycles. The van der Waals surface area contributed by atoms with E-state index in [1.807, 2.05) is 11.8 Å². The number of hydrogen-bond donors (Lipinski definition) is 1. The lowest BCUT2D eigenvalue weighted by atomic mass is 9.94. The molecule has 0 heterocycles. The minimum absolute atomic E-state index is 0.488. The Morgan fingerprint density at radius 1 is 1.35 bits per heavy atom. The van der Waals surface area contributed by atoms with Crippen LogP contribution in [0.1, 0.15) is 37.4 Å². The number of benzene rings is 1. The molecule has 96 valence electrons. The Bertz CT molecular complexity index is 324. The fourth-order valence-electron chi connectivity index (χ4n) is 2.17. The van der Waals surface area contributed by atoms with Gasteiger partial charge in [-0.2, -0.15) is 11.8 Å². The molecule has 1 N–H and O–H groups in total. The number of aryl methyl sites for hydroxylation is 1. The summed E-state index contributed by atoms with van der Waals surface area (Å²) in [4.78, 5) is 0. The van der Waals surface area contributed by atoms with Gasteiger partial charge in [0.25, 0.3) is 0 Å². The first-order chi connectivity index (χ1) is 8.19. The summed E-state index contributed by atoms with van der Waals surface area (Å²) in [5.41, 5.74) is 2.78. The summed E-state index contributed by atoms with van der Waals surface area (Å²) in [6, 6.07) is 9.38. The van der Waals surface area contributed by atoms with Crippen LogP contribution in [0.2, 0.25) is 0 Å². The van der Waals surface area contributed by atoms with Gasteiger partial charge >= 0.3 is 0 Å². The van der Waals surface area contributed by atoms with E-state index in [1.165, 1.54) is 23.3 Å². The van der Waals surface area contributed by atoms with E-state index in [0.717, 1.165) is 6.54 Å². The lowest BCUT2D eigenvalue weighted by Gasteiger charge is -2.25. The summed E-state index contributed by atoms with van der Waals surface area (Å²) in [6.07, 6.45) is 3.37. The summed E-state index contributed by atoms with van der Waals surface area (Å²) in [5, 5.41) is 3.68. The van der Waals surface area contributed by atoms with E-state index in [2.05, 4.69) is 56.6 Å². The van der Waals surface area contributed by atoms with Gasteiger partial charge in [0, 0.05) is 6.04 Å². The largest absolute Gasteiger partial charge is 0.310 e. The maximum atomic E-state index is 3.68. The Balaban J connectivity index is 2.81. The van der Waals surface area contributed by atoms with Crippen LogP contribution in [0.4, 0.5) is 0 Å². The molecule has 0 saturated carbocycles. The molecule has 0 aliphatic carbocycles. The van der Waals surface area contributed by atoms with Gasteiger partial charge in [-0.05, 0) is 43.4 Å². The second-order valence-corrected chi connectivity index (χ2v) is 5.69. The van der Waals surface area contributed by atoms with Crippen molar-refractivity contribution < 1.29 is 0 Å². The van der Waals surface area contributed by atoms with Gasteiger partial charge in [-0.15, -0.1) is 0 Å². The van der Waals surface area contributed by atoms with Crippen molar-refractivity contribution in [2.45, 2.75) is 33.2 Å². The fraction of sp³-hybridized carbons (Fsp3) is 0.600. The molecule has 1 rings (SSSR count). The highest BCUT2D eigenvalue weighted by atomic mass is 32.2. The second-order valence-electron chi connectivity index (χ2n) is 4.78. The van der Waals surface area contributed by atoms with Crippen LogP contribution in [0, 0.1) is 12.8 Å². The molecule has 0 spiro atoms. The molecule has 17 heavy (non-hydrogen) atoms. The lowest BCUT2D eigenvalue weighted by Crippen LogP contribution is -2.28. The SMILES string of the molecule is CCCNC(c1cccc(C)c1)C(C)CSC. The van der Waals surface area contributed by atoms with Gasteiger partial charge in [0.15, 0.2) is 0 Å². The topological polar surface area (TPSA) is 12.0 Å². The van der Waals surface area contributed by atoms with Gasteiger partial charge in [-0.3, -0.25) is 0 Å². The van der Waals surface area contributed by atoms with Crippen molar-refractivity contribution in [3.8, 4) is 0 Å². The van der Waals surface area contributed by atoms with Gasteiger partial charge in [0.2, 0.25) is 0 Å². The van der Waals surface area contributed by atoms with Crippen LogP contribution in [-0.2, 0) is 0 Å². The molecular weight excluding hydrogens is 226 g/mol. The maximum absolute atomic E-state index is 3.68. The Hall–Kier alpha value is -0.470. The van der Waals surface area contributed by atoms with Crippen molar-refractivity contribution in [2.75, 3.05) is 18.6 Å². The van der Waals surface area contributed by atoms with Crippen LogP contribution in [0.5, 0.6) is 0 Å². The van der Waals surface area contributed by atoms with Crippen LogP contribution in [0.15, 0.2) is 24.3 Å². The highest BCUT2D eigenvalue weighted by Crippen LogP contribution is 2.25. The van der Waals surface area contributed by atoms with E-state index in [1.54, 1.807) is 0 Å². The zero-order chi connectivity index (χ0) is 12.7. The van der Waals surface area contributed by atoms with Crippen molar-refractivity contribution in [1.82, 2.24) is 5.32 Å². The first kappa shape index (κ1) is 14.6. The Kier molecular flexibility index (Phi) is 6.68. The molecule has 0 amide bonds. The lowest BCUT2D eigenvalue weighted by molar-refractivity contribution is 0.418. The third-order valence-electron chi connectivity index (χ3n) is 3.01. The molecule has 1 aromatic rings. The molecule has 2 unspecified atom stereocenters. The molecule has 0 aliphatic heterocycles. The third kappa shape index (κ3) is 4.72. The van der Waals surface area contributed by atoms with E-state index in [0.29, 0.717) is 12.0 Å². The number of thioether (sulfide) groups is 1. The molecule has 2 heteroatoms. The molecule has 0 fully saturated rings. The zero-order valence-electron chi connectivity index (χ0n) is 11.5. The standard InChI is InChI=1S/C15H25NS/c1-5-9-16-15(13(3)11-17-4)14-8-6-7-12(2)10-14/h6-8,10,13,15-16H,5,9,11H2,1-4H3. The van der Waals surface area contributed by atoms with E-state index in [-0.39, 0.29) is 0 Å². The van der Waals surface area contributed by atoms with Crippen LogP contribution in [0.3, 0.4) is 0 Å². The highest BCUT2D eigenvalue weighted by molar-refractivity contribution is 7.98. The molecular formula is C15H25NS. The quantitative estimate of drug-likeness (QED) is 0.785. The normalized spacial score (nSPS) is 14.6. The van der Waals surface area contributed by atoms with E-state index in [4.69, 9.17) is 0 Å². The summed E-state index contributed by atoms with van der Waals surface area (Å²) < 4.78 is 0. The first-order valence-electron chi connectivity index (χ1n) is 6.48. The zero-order valence-corrected chi connectivity index (χ0v) is 12.3.